The van der Waals surface area contributed by atoms with Gasteiger partial charge in [0.2, 0.25) is 0 Å². The van der Waals surface area contributed by atoms with Gasteiger partial charge in [-0.05, 0) is 73.2 Å². The summed E-state index contributed by atoms with van der Waals surface area (Å²) in [5, 5.41) is 0. The van der Waals surface area contributed by atoms with Crippen molar-refractivity contribution in [2.45, 2.75) is 26.8 Å². The summed E-state index contributed by atoms with van der Waals surface area (Å²) in [5.74, 6) is 0.395. The van der Waals surface area contributed by atoms with Crippen molar-refractivity contribution in [3.05, 3.63) is 76.0 Å². The number of primary amides is 1. The average molecular weight is 752 g/mol. The van der Waals surface area contributed by atoms with E-state index in [2.05, 4.69) is 27.6 Å². The molecule has 1 aromatic heterocycles. The number of halogens is 1. The predicted octanol–water partition coefficient (Wildman–Crippen LogP) is 2.70. The van der Waals surface area contributed by atoms with E-state index in [0.29, 0.717) is 65.9 Å². The molecule has 12 nitrogen and oxygen atoms in total. The van der Waals surface area contributed by atoms with Crippen LogP contribution >= 0.6 is 33.9 Å². The van der Waals surface area contributed by atoms with Gasteiger partial charge >= 0.3 is 5.97 Å². The lowest BCUT2D eigenvalue weighted by molar-refractivity contribution is -0.140. The molecule has 3 aromatic rings. The molecule has 0 unspecified atom stereocenters. The summed E-state index contributed by atoms with van der Waals surface area (Å²) in [5.41, 5.74) is 6.70. The fourth-order valence-electron chi connectivity index (χ4n) is 4.75. The monoisotopic (exact) mass is 751 g/mol. The maximum absolute atomic E-state index is 14.2. The first-order chi connectivity index (χ1) is 21.6. The molecule has 2 aromatic carbocycles. The van der Waals surface area contributed by atoms with Crippen LogP contribution in [0.4, 0.5) is 0 Å². The molecule has 0 bridgehead atoms. The number of carbonyl (C=O) groups excluding carboxylic acids is 2. The Hall–Kier alpha value is -3.89. The van der Waals surface area contributed by atoms with Gasteiger partial charge < -0.3 is 34.2 Å². The Morgan fingerprint density at radius 3 is 2.49 bits per heavy atom. The van der Waals surface area contributed by atoms with Crippen molar-refractivity contribution in [1.29, 1.82) is 0 Å². The van der Waals surface area contributed by atoms with Crippen molar-refractivity contribution in [2.24, 2.45) is 10.7 Å². The number of carbonyl (C=O) groups is 2. The Labute approximate surface area is 277 Å². The zero-order valence-corrected chi connectivity index (χ0v) is 28.5. The van der Waals surface area contributed by atoms with Crippen LogP contribution in [-0.2, 0) is 19.1 Å². The number of hydrogen-bond acceptors (Lipinski definition) is 11. The summed E-state index contributed by atoms with van der Waals surface area (Å²) in [4.78, 5) is 44.1. The number of hydrogen-bond donors (Lipinski definition) is 1. The fraction of sp³-hybridized carbons (Fsp3) is 0.355. The molecule has 1 amide bonds. The van der Waals surface area contributed by atoms with Crippen LogP contribution in [-0.4, -0.2) is 63.7 Å². The molecule has 45 heavy (non-hydrogen) atoms. The van der Waals surface area contributed by atoms with Gasteiger partial charge in [-0.25, -0.2) is 9.79 Å². The van der Waals surface area contributed by atoms with Crippen LogP contribution < -0.4 is 39.6 Å². The number of thiazole rings is 1. The largest absolute Gasteiger partial charge is 0.493 e. The lowest BCUT2D eigenvalue weighted by atomic mass is 9.94. The van der Waals surface area contributed by atoms with Gasteiger partial charge in [-0.15, -0.1) is 0 Å². The topological polar surface area (TPSA) is 150 Å². The summed E-state index contributed by atoms with van der Waals surface area (Å²) in [6.45, 7) is 5.97. The van der Waals surface area contributed by atoms with Crippen molar-refractivity contribution in [2.75, 3.05) is 47.3 Å². The number of methoxy groups -OCH3 is 2. The van der Waals surface area contributed by atoms with Crippen molar-refractivity contribution >= 4 is 51.9 Å². The number of ether oxygens (including phenoxy) is 6. The third kappa shape index (κ3) is 7.50. The van der Waals surface area contributed by atoms with E-state index in [9.17, 15) is 14.4 Å². The van der Waals surface area contributed by atoms with E-state index in [4.69, 9.17) is 34.2 Å². The molecule has 1 atom stereocenters. The number of allylic oxidation sites excluding steroid dienone is 1. The van der Waals surface area contributed by atoms with Gasteiger partial charge in [0.05, 0.1) is 46.3 Å². The molecule has 14 heteroatoms. The van der Waals surface area contributed by atoms with Crippen LogP contribution in [0.3, 0.4) is 0 Å². The van der Waals surface area contributed by atoms with E-state index in [1.54, 1.807) is 43.3 Å². The second-order valence-electron chi connectivity index (χ2n) is 9.54. The van der Waals surface area contributed by atoms with Gasteiger partial charge in [0.25, 0.3) is 11.5 Å². The zero-order valence-electron chi connectivity index (χ0n) is 25.5. The highest BCUT2D eigenvalue weighted by Gasteiger charge is 2.36. The Kier molecular flexibility index (Phi) is 11.6. The molecule has 1 aliphatic rings. The smallest absolute Gasteiger partial charge is 0.338 e. The highest BCUT2D eigenvalue weighted by Crippen LogP contribution is 2.41. The lowest BCUT2D eigenvalue weighted by Crippen LogP contribution is -2.40. The summed E-state index contributed by atoms with van der Waals surface area (Å²) >= 11 is 3.25. The molecular formula is C31H34IN3O9S. The minimum atomic E-state index is -0.918. The third-order valence-corrected chi connectivity index (χ3v) is 8.35. The molecule has 1 aliphatic heterocycles. The van der Waals surface area contributed by atoms with E-state index < -0.39 is 17.9 Å². The van der Waals surface area contributed by atoms with Crippen LogP contribution in [0.2, 0.25) is 0 Å². The quantitative estimate of drug-likeness (QED) is 0.149. The Morgan fingerprint density at radius 2 is 1.82 bits per heavy atom. The number of nitrogens with zero attached hydrogens (tertiary/aromatic N) is 2. The maximum Gasteiger partial charge on any atom is 0.338 e. The lowest BCUT2D eigenvalue weighted by Gasteiger charge is -2.27. The number of rotatable bonds is 14. The first kappa shape index (κ1) is 34.0. The molecule has 240 valence electrons. The molecule has 4 rings (SSSR count). The van der Waals surface area contributed by atoms with E-state index in [-0.39, 0.29) is 31.0 Å². The molecule has 0 fully saturated rings. The second kappa shape index (κ2) is 15.4. The Balaban J connectivity index is 1.93. The number of benzene rings is 2. The summed E-state index contributed by atoms with van der Waals surface area (Å²) in [6.07, 6.45) is 1.72. The van der Waals surface area contributed by atoms with Crippen LogP contribution in [0, 0.1) is 3.57 Å². The molecular weight excluding hydrogens is 717 g/mol. The first-order valence-electron chi connectivity index (χ1n) is 14.0. The zero-order chi connectivity index (χ0) is 32.7. The van der Waals surface area contributed by atoms with Crippen molar-refractivity contribution in [3.8, 4) is 23.0 Å². The summed E-state index contributed by atoms with van der Waals surface area (Å²) < 4.78 is 36.0. The molecule has 0 aliphatic carbocycles. The SMILES string of the molecule is CCOc1cc(/C=c2/sc3n(c2=O)[C@H](c2cccc(OC)c2OCC)C(C(=O)OCCOC)=C(C)N=3)cc(I)c1OCC(N)=O. The highest BCUT2D eigenvalue weighted by molar-refractivity contribution is 14.1. The van der Waals surface area contributed by atoms with Crippen LogP contribution in [0.1, 0.15) is 37.9 Å². The fourth-order valence-corrected chi connectivity index (χ4v) is 6.58. The van der Waals surface area contributed by atoms with E-state index >= 15 is 0 Å². The summed E-state index contributed by atoms with van der Waals surface area (Å²) in [7, 11) is 3.03. The predicted molar refractivity (Wildman–Crippen MR) is 176 cm³/mol. The number of fused-ring (bicyclic) bond motifs is 1. The molecule has 2 heterocycles. The minimum Gasteiger partial charge on any atom is -0.493 e. The number of esters is 1. The van der Waals surface area contributed by atoms with E-state index in [1.807, 2.05) is 13.8 Å². The van der Waals surface area contributed by atoms with Crippen LogP contribution in [0.15, 0.2) is 51.4 Å². The minimum absolute atomic E-state index is 0.0274. The average Bonchev–Trinajstić information content (AvgIpc) is 3.30. The third-order valence-electron chi connectivity index (χ3n) is 6.56. The Morgan fingerprint density at radius 1 is 1.07 bits per heavy atom. The van der Waals surface area contributed by atoms with Crippen molar-refractivity contribution in [1.82, 2.24) is 4.57 Å². The maximum atomic E-state index is 14.2. The molecule has 0 saturated carbocycles. The molecule has 0 saturated heterocycles. The molecule has 0 radical (unpaired) electrons. The molecule has 0 spiro atoms. The van der Waals surface area contributed by atoms with Gasteiger partial charge in [0, 0.05) is 12.7 Å². The van der Waals surface area contributed by atoms with Crippen molar-refractivity contribution < 1.29 is 38.0 Å². The van der Waals surface area contributed by atoms with Crippen LogP contribution in [0.5, 0.6) is 23.0 Å². The van der Waals surface area contributed by atoms with Gasteiger partial charge in [-0.2, -0.15) is 0 Å². The second-order valence-corrected chi connectivity index (χ2v) is 11.7. The number of aromatic nitrogens is 1. The van der Waals surface area contributed by atoms with Crippen LogP contribution in [0.25, 0.3) is 6.08 Å². The number of nitrogens with two attached hydrogens (primary N) is 1. The van der Waals surface area contributed by atoms with Gasteiger partial charge in [0.15, 0.2) is 34.4 Å². The standard InChI is InChI=1S/C31H34IN3O9S/c1-6-41-22-14-18(13-20(32)28(22)44-16-24(33)36)15-23-29(37)35-26(19-9-8-10-21(40-5)27(19)42-7-2)25(17(3)34-31(35)45-23)30(38)43-12-11-39-4/h8-10,13-15,26H,6-7,11-12,16H2,1-5H3,(H2,33,36)/b23-15+/t26-/m1/s1. The van der Waals surface area contributed by atoms with E-state index in [1.165, 1.54) is 30.1 Å². The number of para-hydroxylation sites is 1. The van der Waals surface area contributed by atoms with Gasteiger partial charge in [-0.3, -0.25) is 14.2 Å². The summed E-state index contributed by atoms with van der Waals surface area (Å²) in [6, 6.07) is 7.91. The van der Waals surface area contributed by atoms with Crippen molar-refractivity contribution in [3.63, 3.8) is 0 Å². The number of amides is 1. The normalized spacial score (nSPS) is 14.4. The Bertz CT molecular complexity index is 1800. The van der Waals surface area contributed by atoms with E-state index in [0.717, 1.165) is 0 Å². The molecule has 2 N–H and O–H groups in total. The van der Waals surface area contributed by atoms with Gasteiger partial charge in [0.1, 0.15) is 12.6 Å². The highest BCUT2D eigenvalue weighted by atomic mass is 127. The first-order valence-corrected chi connectivity index (χ1v) is 15.9. The van der Waals surface area contributed by atoms with Gasteiger partial charge in [-0.1, -0.05) is 23.5 Å².